The zero-order valence-corrected chi connectivity index (χ0v) is 18.4. The Balaban J connectivity index is 1.53. The third-order valence-electron chi connectivity index (χ3n) is 7.08. The molecule has 1 amide bonds. The number of rotatable bonds is 3. The quantitative estimate of drug-likeness (QED) is 0.638. The van der Waals surface area contributed by atoms with Crippen LogP contribution in [0.5, 0.6) is 0 Å². The molecule has 2 fully saturated rings. The van der Waals surface area contributed by atoms with Crippen molar-refractivity contribution >= 4 is 39.3 Å². The number of nitrogens with one attached hydrogen (secondary N) is 1. The van der Waals surface area contributed by atoms with Crippen molar-refractivity contribution in [2.75, 3.05) is 0 Å². The molecule has 0 radical (unpaired) electrons. The molecule has 8 heteroatoms. The first-order valence-electron chi connectivity index (χ1n) is 11.1. The van der Waals surface area contributed by atoms with Gasteiger partial charge >= 0.3 is 0 Å². The summed E-state index contributed by atoms with van der Waals surface area (Å²) < 4.78 is 7.18. The lowest BCUT2D eigenvalue weighted by atomic mass is 9.89. The minimum atomic E-state index is -0.748. The molecule has 1 aromatic carbocycles. The average Bonchev–Trinajstić information content (AvgIpc) is 3.36. The lowest BCUT2D eigenvalue weighted by Crippen LogP contribution is -2.55. The Morgan fingerprint density at radius 1 is 1.26 bits per heavy atom. The first-order valence-corrected chi connectivity index (χ1v) is 11.5. The largest absolute Gasteiger partial charge is 0.360 e. The van der Waals surface area contributed by atoms with Gasteiger partial charge in [-0.3, -0.25) is 9.59 Å². The minimum absolute atomic E-state index is 0.00678. The molecule has 2 saturated carbocycles. The molecule has 2 atom stereocenters. The maximum Gasteiger partial charge on any atom is 0.264 e. The van der Waals surface area contributed by atoms with Gasteiger partial charge in [0.1, 0.15) is 16.7 Å². The predicted molar refractivity (Wildman–Crippen MR) is 120 cm³/mol. The topological polar surface area (TPSA) is 103 Å². The van der Waals surface area contributed by atoms with Gasteiger partial charge in [-0.2, -0.15) is 0 Å². The Kier molecular flexibility index (Phi) is 5.06. The van der Waals surface area contributed by atoms with Crippen molar-refractivity contribution < 1.29 is 9.32 Å². The van der Waals surface area contributed by atoms with E-state index >= 15 is 0 Å². The Morgan fingerprint density at radius 3 is 2.81 bits per heavy atom. The van der Waals surface area contributed by atoms with Gasteiger partial charge < -0.3 is 20.1 Å². The molecule has 2 aliphatic rings. The summed E-state index contributed by atoms with van der Waals surface area (Å²) in [6.45, 7) is 1.75. The van der Waals surface area contributed by atoms with Crippen molar-refractivity contribution in [3.63, 3.8) is 0 Å². The molecular weight excluding hydrogens is 416 g/mol. The summed E-state index contributed by atoms with van der Waals surface area (Å²) in [4.78, 5) is 26.4. The van der Waals surface area contributed by atoms with Crippen LogP contribution in [0.15, 0.2) is 27.5 Å². The lowest BCUT2D eigenvalue weighted by molar-refractivity contribution is -0.127. The van der Waals surface area contributed by atoms with Crippen molar-refractivity contribution in [2.24, 2.45) is 5.73 Å². The first kappa shape index (κ1) is 20.5. The third kappa shape index (κ3) is 3.34. The highest BCUT2D eigenvalue weighted by Crippen LogP contribution is 2.36. The highest BCUT2D eigenvalue weighted by Gasteiger charge is 2.38. The summed E-state index contributed by atoms with van der Waals surface area (Å²) in [5.74, 6) is 0.434. The fourth-order valence-electron chi connectivity index (χ4n) is 5.43. The molecule has 2 aliphatic carbocycles. The van der Waals surface area contributed by atoms with Gasteiger partial charge in [-0.1, -0.05) is 35.7 Å². The number of hydrogen-bond donors (Lipinski definition) is 2. The number of aromatic nitrogens is 2. The maximum atomic E-state index is 13.5. The van der Waals surface area contributed by atoms with Gasteiger partial charge in [-0.25, -0.2) is 0 Å². The van der Waals surface area contributed by atoms with Gasteiger partial charge in [0, 0.05) is 17.5 Å². The smallest absolute Gasteiger partial charge is 0.264 e. The number of halogens is 1. The van der Waals surface area contributed by atoms with Gasteiger partial charge in [-0.15, -0.1) is 0 Å². The number of nitrogens with two attached hydrogens (primary N) is 1. The number of pyridine rings is 1. The number of aryl methyl sites for hydroxylation is 1. The van der Waals surface area contributed by atoms with E-state index in [1.165, 1.54) is 0 Å². The fourth-order valence-corrected chi connectivity index (χ4v) is 5.69. The van der Waals surface area contributed by atoms with E-state index in [0.717, 1.165) is 55.8 Å². The van der Waals surface area contributed by atoms with Gasteiger partial charge in [0.2, 0.25) is 5.91 Å². The van der Waals surface area contributed by atoms with Crippen LogP contribution in [-0.2, 0) is 4.79 Å². The summed E-state index contributed by atoms with van der Waals surface area (Å²) in [5, 5.41) is 9.04. The maximum absolute atomic E-state index is 13.5. The second-order valence-electron chi connectivity index (χ2n) is 9.13. The van der Waals surface area contributed by atoms with Crippen LogP contribution in [0.4, 0.5) is 0 Å². The second kappa shape index (κ2) is 7.64. The summed E-state index contributed by atoms with van der Waals surface area (Å²) in [7, 11) is 0. The molecular formula is C23H27ClN4O3. The number of fused-ring (bicyclic) bond motifs is 3. The molecule has 164 valence electrons. The van der Waals surface area contributed by atoms with E-state index in [1.54, 1.807) is 13.0 Å². The number of hydrogen-bond acceptors (Lipinski definition) is 5. The molecule has 5 rings (SSSR count). The summed E-state index contributed by atoms with van der Waals surface area (Å²) in [6.07, 6.45) is 6.82. The van der Waals surface area contributed by atoms with Crippen LogP contribution in [0.2, 0.25) is 5.02 Å². The number of nitrogens with zero attached hydrogens (tertiary/aromatic N) is 2. The van der Waals surface area contributed by atoms with Crippen LogP contribution < -0.4 is 16.6 Å². The van der Waals surface area contributed by atoms with Gasteiger partial charge in [-0.05, 0) is 57.6 Å². The number of carbonyl (C=O) groups excluding carboxylic acids is 1. The summed E-state index contributed by atoms with van der Waals surface area (Å²) in [6, 6.07) is 5.49. The van der Waals surface area contributed by atoms with Crippen LogP contribution in [-0.4, -0.2) is 27.2 Å². The molecule has 2 heterocycles. The summed E-state index contributed by atoms with van der Waals surface area (Å²) in [5.41, 5.74) is 6.74. The van der Waals surface area contributed by atoms with E-state index < -0.39 is 5.54 Å². The van der Waals surface area contributed by atoms with E-state index in [2.05, 4.69) is 10.5 Å². The highest BCUT2D eigenvalue weighted by molar-refractivity contribution is 6.37. The van der Waals surface area contributed by atoms with E-state index in [4.69, 9.17) is 21.9 Å². The van der Waals surface area contributed by atoms with Gasteiger partial charge in [0.25, 0.3) is 5.56 Å². The first-order chi connectivity index (χ1) is 14.9. The normalized spacial score (nSPS) is 23.5. The zero-order chi connectivity index (χ0) is 21.8. The van der Waals surface area contributed by atoms with Crippen molar-refractivity contribution in [1.82, 2.24) is 15.0 Å². The molecule has 0 saturated heterocycles. The molecule has 3 aromatic rings. The molecule has 3 N–H and O–H groups in total. The van der Waals surface area contributed by atoms with Crippen LogP contribution in [0.3, 0.4) is 0 Å². The van der Waals surface area contributed by atoms with Crippen LogP contribution in [0, 0.1) is 6.92 Å². The monoisotopic (exact) mass is 442 g/mol. The van der Waals surface area contributed by atoms with Crippen LogP contribution in [0.1, 0.15) is 63.2 Å². The number of benzene rings is 1. The Morgan fingerprint density at radius 2 is 2.03 bits per heavy atom. The van der Waals surface area contributed by atoms with Crippen LogP contribution in [0.25, 0.3) is 21.8 Å². The SMILES string of the molecule is Cc1onc2c1c(=O)n(C1CCCC(NC(=O)C3(N)CCCC3)C1)c1cccc(Cl)c21. The fraction of sp³-hybridized carbons (Fsp3) is 0.522. The standard InChI is InChI=1S/C23H27ClN4O3/c1-13-18-20(27-31-13)19-16(24)8-5-9-17(19)28(21(18)29)15-7-4-6-14(12-15)26-22(30)23(25)10-2-3-11-23/h5,8-9,14-15H,2-4,6-7,10-12,25H2,1H3,(H,26,30). The van der Waals surface area contributed by atoms with E-state index in [-0.39, 0.29) is 23.6 Å². The number of amides is 1. The van der Waals surface area contributed by atoms with Crippen molar-refractivity contribution in [3.8, 4) is 0 Å². The Hall–Kier alpha value is -2.38. The molecule has 0 aliphatic heterocycles. The van der Waals surface area contributed by atoms with Crippen molar-refractivity contribution in [3.05, 3.63) is 39.3 Å². The van der Waals surface area contributed by atoms with E-state index in [0.29, 0.717) is 28.1 Å². The minimum Gasteiger partial charge on any atom is -0.360 e. The van der Waals surface area contributed by atoms with E-state index in [9.17, 15) is 9.59 Å². The molecule has 31 heavy (non-hydrogen) atoms. The van der Waals surface area contributed by atoms with Crippen LogP contribution >= 0.6 is 11.6 Å². The molecule has 7 nitrogen and oxygen atoms in total. The molecule has 2 unspecified atom stereocenters. The van der Waals surface area contributed by atoms with Gasteiger partial charge in [0.15, 0.2) is 0 Å². The molecule has 0 bridgehead atoms. The Bertz CT molecular complexity index is 1220. The lowest BCUT2D eigenvalue weighted by Gasteiger charge is -2.34. The van der Waals surface area contributed by atoms with Crippen molar-refractivity contribution in [2.45, 2.75) is 75.9 Å². The summed E-state index contributed by atoms with van der Waals surface area (Å²) >= 11 is 6.53. The zero-order valence-electron chi connectivity index (χ0n) is 17.6. The van der Waals surface area contributed by atoms with Gasteiger partial charge in [0.05, 0.1) is 16.1 Å². The Labute approximate surface area is 184 Å². The highest BCUT2D eigenvalue weighted by atomic mass is 35.5. The molecule has 0 spiro atoms. The average molecular weight is 443 g/mol. The third-order valence-corrected chi connectivity index (χ3v) is 7.39. The predicted octanol–water partition coefficient (Wildman–Crippen LogP) is 3.98. The van der Waals surface area contributed by atoms with E-state index in [1.807, 2.05) is 16.7 Å². The molecule has 2 aromatic heterocycles. The number of carbonyl (C=O) groups is 1. The van der Waals surface area contributed by atoms with Crippen molar-refractivity contribution in [1.29, 1.82) is 0 Å². The second-order valence-corrected chi connectivity index (χ2v) is 9.53.